The number of benzene rings is 1. The maximum absolute atomic E-state index is 5.54. The molecule has 0 saturated heterocycles. The van der Waals surface area contributed by atoms with Crippen molar-refractivity contribution in [2.75, 3.05) is 19.0 Å². The molecule has 0 radical (unpaired) electrons. The van der Waals surface area contributed by atoms with Crippen LogP contribution in [0.25, 0.3) is 0 Å². The molecule has 0 bridgehead atoms. The van der Waals surface area contributed by atoms with Gasteiger partial charge >= 0.3 is 0 Å². The number of imidazole rings is 1. The van der Waals surface area contributed by atoms with E-state index in [0.29, 0.717) is 5.11 Å². The predicted molar refractivity (Wildman–Crippen MR) is 86.5 cm³/mol. The van der Waals surface area contributed by atoms with E-state index in [9.17, 15) is 0 Å². The Labute approximate surface area is 129 Å². The highest BCUT2D eigenvalue weighted by atomic mass is 32.1. The van der Waals surface area contributed by atoms with Gasteiger partial charge in [0.05, 0.1) is 37.1 Å². The van der Waals surface area contributed by atoms with Crippen LogP contribution in [-0.2, 0) is 20.0 Å². The van der Waals surface area contributed by atoms with Crippen LogP contribution in [0.15, 0.2) is 30.6 Å². The van der Waals surface area contributed by atoms with Crippen molar-refractivity contribution < 1.29 is 4.74 Å². The third kappa shape index (κ3) is 2.71. The number of aromatic nitrogens is 2. The number of hydrogen-bond acceptors (Lipinski definition) is 3. The average Bonchev–Trinajstić information content (AvgIpc) is 2.88. The van der Waals surface area contributed by atoms with Gasteiger partial charge in [-0.15, -0.1) is 0 Å². The fraction of sp³-hybridized carbons (Fsp3) is 0.333. The molecule has 0 spiro atoms. The first-order valence-electron chi connectivity index (χ1n) is 6.87. The Morgan fingerprint density at radius 3 is 3.00 bits per heavy atom. The number of thiocarbonyl (C=S) groups is 1. The van der Waals surface area contributed by atoms with Gasteiger partial charge in [0.25, 0.3) is 0 Å². The average molecular weight is 302 g/mol. The van der Waals surface area contributed by atoms with Crippen molar-refractivity contribution in [3.63, 3.8) is 0 Å². The minimum atomic E-state index is 0.714. The monoisotopic (exact) mass is 302 g/mol. The minimum absolute atomic E-state index is 0.714. The number of aryl methyl sites for hydroxylation is 1. The van der Waals surface area contributed by atoms with Gasteiger partial charge in [0.1, 0.15) is 5.75 Å². The third-order valence-electron chi connectivity index (χ3n) is 3.74. The first-order valence-corrected chi connectivity index (χ1v) is 7.28. The Morgan fingerprint density at radius 1 is 1.38 bits per heavy atom. The highest BCUT2D eigenvalue weighted by molar-refractivity contribution is 7.80. The third-order valence-corrected chi connectivity index (χ3v) is 4.10. The van der Waals surface area contributed by atoms with Crippen molar-refractivity contribution in [3.05, 3.63) is 42.0 Å². The Balaban J connectivity index is 1.74. The number of para-hydroxylation sites is 2. The van der Waals surface area contributed by atoms with Crippen molar-refractivity contribution >= 4 is 23.0 Å². The van der Waals surface area contributed by atoms with Crippen LogP contribution in [0.5, 0.6) is 5.75 Å². The maximum atomic E-state index is 5.54. The maximum Gasteiger partial charge on any atom is 0.173 e. The molecule has 3 rings (SSSR count). The Hall–Kier alpha value is -2.08. The van der Waals surface area contributed by atoms with Crippen LogP contribution in [0.4, 0.5) is 5.69 Å². The van der Waals surface area contributed by atoms with E-state index in [1.807, 2.05) is 37.6 Å². The zero-order valence-electron chi connectivity index (χ0n) is 12.2. The quantitative estimate of drug-likeness (QED) is 0.861. The molecule has 5 nitrogen and oxygen atoms in total. The van der Waals surface area contributed by atoms with E-state index in [1.54, 1.807) is 7.11 Å². The number of nitrogens with one attached hydrogen (secondary N) is 1. The summed E-state index contributed by atoms with van der Waals surface area (Å²) in [7, 11) is 3.68. The van der Waals surface area contributed by atoms with Crippen LogP contribution in [0.2, 0.25) is 0 Å². The molecule has 1 aliphatic rings. The fourth-order valence-corrected chi connectivity index (χ4v) is 2.80. The summed E-state index contributed by atoms with van der Waals surface area (Å²) in [5.41, 5.74) is 3.29. The predicted octanol–water partition coefficient (Wildman–Crippen LogP) is 2.18. The zero-order valence-corrected chi connectivity index (χ0v) is 13.0. The summed E-state index contributed by atoms with van der Waals surface area (Å²) in [5, 5.41) is 3.99. The van der Waals surface area contributed by atoms with Gasteiger partial charge in [-0.3, -0.25) is 0 Å². The van der Waals surface area contributed by atoms with Crippen molar-refractivity contribution in [3.8, 4) is 5.75 Å². The van der Waals surface area contributed by atoms with E-state index < -0.39 is 0 Å². The van der Waals surface area contributed by atoms with Gasteiger partial charge in [0.2, 0.25) is 0 Å². The lowest BCUT2D eigenvalue weighted by Crippen LogP contribution is -2.39. The van der Waals surface area contributed by atoms with Gasteiger partial charge in [-0.05, 0) is 24.4 Å². The highest BCUT2D eigenvalue weighted by Gasteiger charge is 2.22. The van der Waals surface area contributed by atoms with Crippen LogP contribution in [0.1, 0.15) is 11.4 Å². The van der Waals surface area contributed by atoms with E-state index >= 15 is 0 Å². The van der Waals surface area contributed by atoms with Gasteiger partial charge in [-0.2, -0.15) is 0 Å². The number of anilines is 1. The molecule has 110 valence electrons. The standard InChI is InChI=1S/C15H18N4OS/c1-18-10-16-11-7-8-19(9-13(11)18)15(21)17-12-5-3-4-6-14(12)20-2/h3-6,10H,7-9H2,1-2H3,(H,17,21). The second-order valence-electron chi connectivity index (χ2n) is 5.05. The number of hydrogen-bond donors (Lipinski definition) is 1. The van der Waals surface area contributed by atoms with Crippen LogP contribution in [-0.4, -0.2) is 33.2 Å². The molecule has 0 atom stereocenters. The van der Waals surface area contributed by atoms with Gasteiger partial charge in [0, 0.05) is 20.0 Å². The van der Waals surface area contributed by atoms with Crippen LogP contribution < -0.4 is 10.1 Å². The molecule has 0 fully saturated rings. The molecular formula is C15H18N4OS. The Morgan fingerprint density at radius 2 is 2.19 bits per heavy atom. The summed E-state index contributed by atoms with van der Waals surface area (Å²) in [6, 6.07) is 7.78. The number of nitrogens with zero attached hydrogens (tertiary/aromatic N) is 3. The van der Waals surface area contributed by atoms with E-state index in [-0.39, 0.29) is 0 Å². The van der Waals surface area contributed by atoms with Gasteiger partial charge in [0.15, 0.2) is 5.11 Å². The van der Waals surface area contributed by atoms with E-state index in [4.69, 9.17) is 17.0 Å². The van der Waals surface area contributed by atoms with Crippen LogP contribution in [0.3, 0.4) is 0 Å². The van der Waals surface area contributed by atoms with E-state index in [2.05, 4.69) is 19.8 Å². The van der Waals surface area contributed by atoms with Gasteiger partial charge in [-0.1, -0.05) is 12.1 Å². The highest BCUT2D eigenvalue weighted by Crippen LogP contribution is 2.24. The van der Waals surface area contributed by atoms with E-state index in [0.717, 1.165) is 30.9 Å². The number of rotatable bonds is 2. The molecule has 6 heteroatoms. The summed E-state index contributed by atoms with van der Waals surface area (Å²) in [6.07, 6.45) is 2.79. The van der Waals surface area contributed by atoms with Gasteiger partial charge in [-0.25, -0.2) is 4.98 Å². The van der Waals surface area contributed by atoms with Crippen molar-refractivity contribution in [1.29, 1.82) is 0 Å². The summed E-state index contributed by atoms with van der Waals surface area (Å²) in [5.74, 6) is 0.790. The molecule has 1 aromatic heterocycles. The second-order valence-corrected chi connectivity index (χ2v) is 5.44. The van der Waals surface area contributed by atoms with Crippen molar-refractivity contribution in [2.45, 2.75) is 13.0 Å². The normalized spacial score (nSPS) is 13.7. The summed E-state index contributed by atoms with van der Waals surface area (Å²) in [6.45, 7) is 1.66. The van der Waals surface area contributed by atoms with Crippen molar-refractivity contribution in [2.24, 2.45) is 7.05 Å². The Kier molecular flexibility index (Phi) is 3.79. The lowest BCUT2D eigenvalue weighted by molar-refractivity contribution is 0.385. The molecule has 2 heterocycles. The van der Waals surface area contributed by atoms with Crippen molar-refractivity contribution in [1.82, 2.24) is 14.5 Å². The Bertz CT molecular complexity index is 667. The summed E-state index contributed by atoms with van der Waals surface area (Å²) >= 11 is 5.54. The summed E-state index contributed by atoms with van der Waals surface area (Å²) < 4.78 is 7.40. The molecule has 0 aliphatic carbocycles. The number of fused-ring (bicyclic) bond motifs is 1. The molecule has 21 heavy (non-hydrogen) atoms. The lowest BCUT2D eigenvalue weighted by Gasteiger charge is -2.30. The number of methoxy groups -OCH3 is 1. The largest absolute Gasteiger partial charge is 0.495 e. The minimum Gasteiger partial charge on any atom is -0.495 e. The van der Waals surface area contributed by atoms with E-state index in [1.165, 1.54) is 11.4 Å². The molecule has 0 unspecified atom stereocenters. The molecule has 0 amide bonds. The zero-order chi connectivity index (χ0) is 14.8. The SMILES string of the molecule is COc1ccccc1NC(=S)N1CCc2ncn(C)c2C1. The molecule has 0 saturated carbocycles. The molecule has 1 N–H and O–H groups in total. The smallest absolute Gasteiger partial charge is 0.173 e. The van der Waals surface area contributed by atoms with Crippen LogP contribution >= 0.6 is 12.2 Å². The fourth-order valence-electron chi connectivity index (χ4n) is 2.53. The molecule has 1 aliphatic heterocycles. The van der Waals surface area contributed by atoms with Crippen LogP contribution in [0, 0.1) is 0 Å². The first kappa shape index (κ1) is 13.9. The summed E-state index contributed by atoms with van der Waals surface area (Å²) in [4.78, 5) is 6.57. The molecule has 2 aromatic rings. The van der Waals surface area contributed by atoms with Gasteiger partial charge < -0.3 is 19.5 Å². The second kappa shape index (κ2) is 5.73. The molecular weight excluding hydrogens is 284 g/mol. The molecule has 1 aromatic carbocycles. The topological polar surface area (TPSA) is 42.3 Å². The number of ether oxygens (including phenoxy) is 1. The first-order chi connectivity index (χ1) is 10.2. The lowest BCUT2D eigenvalue weighted by atomic mass is 10.1.